The molecule has 0 aliphatic rings. The van der Waals surface area contributed by atoms with E-state index in [0.717, 1.165) is 36.2 Å². The Morgan fingerprint density at radius 1 is 1.18 bits per heavy atom. The van der Waals surface area contributed by atoms with Crippen molar-refractivity contribution in [1.82, 2.24) is 10.3 Å². The van der Waals surface area contributed by atoms with Crippen LogP contribution >= 0.6 is 11.3 Å². The summed E-state index contributed by atoms with van der Waals surface area (Å²) in [5, 5.41) is 6.54. The summed E-state index contributed by atoms with van der Waals surface area (Å²) in [6.07, 6.45) is 2.84. The van der Waals surface area contributed by atoms with E-state index in [2.05, 4.69) is 40.8 Å². The molecule has 3 rings (SSSR count). The van der Waals surface area contributed by atoms with Gasteiger partial charge in [-0.25, -0.2) is 0 Å². The van der Waals surface area contributed by atoms with Gasteiger partial charge in [0.15, 0.2) is 0 Å². The van der Waals surface area contributed by atoms with E-state index in [1.807, 2.05) is 30.5 Å². The number of nitrogens with zero attached hydrogens (tertiary/aromatic N) is 1. The number of fused-ring (bicyclic) bond motifs is 1. The van der Waals surface area contributed by atoms with Gasteiger partial charge in [-0.3, -0.25) is 4.98 Å². The number of benzene rings is 1. The van der Waals surface area contributed by atoms with Crippen LogP contribution in [0.2, 0.25) is 0 Å². The summed E-state index contributed by atoms with van der Waals surface area (Å²) in [6, 6.07) is 14.3. The molecule has 0 radical (unpaired) electrons. The third-order valence-corrected chi connectivity index (χ3v) is 4.53. The van der Waals surface area contributed by atoms with Crippen molar-refractivity contribution in [3.63, 3.8) is 0 Å². The number of ether oxygens (including phenoxy) is 1. The lowest BCUT2D eigenvalue weighted by atomic mass is 10.1. The number of hydrogen-bond donors (Lipinski definition) is 1. The second kappa shape index (κ2) is 7.38. The molecule has 22 heavy (non-hydrogen) atoms. The zero-order chi connectivity index (χ0) is 15.2. The van der Waals surface area contributed by atoms with Gasteiger partial charge in [-0.1, -0.05) is 19.1 Å². The Labute approximate surface area is 135 Å². The molecule has 1 N–H and O–H groups in total. The van der Waals surface area contributed by atoms with Gasteiger partial charge in [-0.15, -0.1) is 11.3 Å². The van der Waals surface area contributed by atoms with Crippen molar-refractivity contribution in [3.05, 3.63) is 58.9 Å². The number of pyridine rings is 1. The van der Waals surface area contributed by atoms with Gasteiger partial charge < -0.3 is 10.1 Å². The lowest BCUT2D eigenvalue weighted by molar-refractivity contribution is 0.200. The van der Waals surface area contributed by atoms with Crippen LogP contribution in [-0.4, -0.2) is 18.1 Å². The first-order valence-corrected chi connectivity index (χ1v) is 8.51. The average Bonchev–Trinajstić information content (AvgIpc) is 3.09. The lowest BCUT2D eigenvalue weighted by Crippen LogP contribution is -2.19. The molecule has 114 valence electrons. The van der Waals surface area contributed by atoms with E-state index in [0.29, 0.717) is 0 Å². The van der Waals surface area contributed by atoms with E-state index >= 15 is 0 Å². The molecule has 0 bridgehead atoms. The van der Waals surface area contributed by atoms with Crippen LogP contribution in [0.15, 0.2) is 54.0 Å². The predicted octanol–water partition coefficient (Wildman–Crippen LogP) is 4.42. The second-order valence-electron chi connectivity index (χ2n) is 5.09. The fourth-order valence-electron chi connectivity index (χ4n) is 2.47. The number of nitrogens with one attached hydrogen (secondary N) is 1. The first-order chi connectivity index (χ1) is 10.9. The van der Waals surface area contributed by atoms with Gasteiger partial charge in [0.2, 0.25) is 0 Å². The highest BCUT2D eigenvalue weighted by Crippen LogP contribution is 2.31. The maximum atomic E-state index is 6.35. The molecular formula is C18H20N2OS. The maximum Gasteiger partial charge on any atom is 0.134 e. The highest BCUT2D eigenvalue weighted by atomic mass is 32.1. The summed E-state index contributed by atoms with van der Waals surface area (Å²) in [5.41, 5.74) is 0.969. The molecule has 0 saturated carbocycles. The maximum absolute atomic E-state index is 6.35. The molecule has 1 aromatic carbocycles. The topological polar surface area (TPSA) is 34.1 Å². The van der Waals surface area contributed by atoms with E-state index in [-0.39, 0.29) is 6.10 Å². The van der Waals surface area contributed by atoms with Gasteiger partial charge >= 0.3 is 0 Å². The van der Waals surface area contributed by atoms with Crippen molar-refractivity contribution < 1.29 is 4.74 Å². The number of thiophene rings is 1. The molecule has 0 aliphatic heterocycles. The molecule has 3 aromatic rings. The second-order valence-corrected chi connectivity index (χ2v) is 6.07. The van der Waals surface area contributed by atoms with E-state index in [1.54, 1.807) is 11.3 Å². The molecule has 0 fully saturated rings. The van der Waals surface area contributed by atoms with E-state index in [1.165, 1.54) is 4.88 Å². The van der Waals surface area contributed by atoms with Crippen molar-refractivity contribution in [3.8, 4) is 5.75 Å². The number of hydrogen-bond acceptors (Lipinski definition) is 4. The lowest BCUT2D eigenvalue weighted by Gasteiger charge is -2.19. The van der Waals surface area contributed by atoms with Gasteiger partial charge in [-0.05, 0) is 48.8 Å². The largest absolute Gasteiger partial charge is 0.484 e. The van der Waals surface area contributed by atoms with Crippen LogP contribution in [0, 0.1) is 0 Å². The minimum absolute atomic E-state index is 0.0739. The molecule has 1 unspecified atom stereocenters. The molecule has 1 atom stereocenters. The van der Waals surface area contributed by atoms with Crippen LogP contribution < -0.4 is 10.1 Å². The number of rotatable bonds is 7. The van der Waals surface area contributed by atoms with Crippen LogP contribution in [0.4, 0.5) is 0 Å². The molecule has 2 aromatic heterocycles. The first kappa shape index (κ1) is 15.0. The Bertz CT molecular complexity index is 707. The Balaban J connectivity index is 1.85. The fourth-order valence-corrected chi connectivity index (χ4v) is 3.26. The monoisotopic (exact) mass is 312 g/mol. The molecule has 2 heterocycles. The zero-order valence-corrected chi connectivity index (χ0v) is 13.5. The Morgan fingerprint density at radius 2 is 2.14 bits per heavy atom. The Morgan fingerprint density at radius 3 is 2.95 bits per heavy atom. The summed E-state index contributed by atoms with van der Waals surface area (Å²) in [6.45, 7) is 4.05. The van der Waals surface area contributed by atoms with Crippen molar-refractivity contribution >= 4 is 22.2 Å². The minimum Gasteiger partial charge on any atom is -0.484 e. The third-order valence-electron chi connectivity index (χ3n) is 3.57. The van der Waals surface area contributed by atoms with Crippen molar-refractivity contribution in [2.75, 3.05) is 13.1 Å². The minimum atomic E-state index is 0.0739. The van der Waals surface area contributed by atoms with Crippen LogP contribution in [-0.2, 0) is 0 Å². The quantitative estimate of drug-likeness (QED) is 0.656. The summed E-state index contributed by atoms with van der Waals surface area (Å²) in [7, 11) is 0. The highest BCUT2D eigenvalue weighted by molar-refractivity contribution is 7.10. The Hall–Kier alpha value is -1.91. The van der Waals surface area contributed by atoms with Crippen LogP contribution in [0.5, 0.6) is 5.75 Å². The first-order valence-electron chi connectivity index (χ1n) is 7.63. The summed E-state index contributed by atoms with van der Waals surface area (Å²) >= 11 is 1.75. The van der Waals surface area contributed by atoms with Gasteiger partial charge in [0.1, 0.15) is 11.9 Å². The van der Waals surface area contributed by atoms with Gasteiger partial charge in [-0.2, -0.15) is 0 Å². The molecule has 3 nitrogen and oxygen atoms in total. The van der Waals surface area contributed by atoms with Crippen molar-refractivity contribution in [1.29, 1.82) is 0 Å². The summed E-state index contributed by atoms with van der Waals surface area (Å²) in [4.78, 5) is 5.66. The zero-order valence-electron chi connectivity index (χ0n) is 12.7. The van der Waals surface area contributed by atoms with Gasteiger partial charge in [0.05, 0.1) is 5.52 Å². The smallest absolute Gasteiger partial charge is 0.134 e. The predicted molar refractivity (Wildman–Crippen MR) is 92.6 cm³/mol. The molecule has 0 amide bonds. The highest BCUT2D eigenvalue weighted by Gasteiger charge is 2.15. The summed E-state index contributed by atoms with van der Waals surface area (Å²) < 4.78 is 6.35. The summed E-state index contributed by atoms with van der Waals surface area (Å²) in [5.74, 6) is 0.903. The number of aromatic nitrogens is 1. The van der Waals surface area contributed by atoms with Crippen molar-refractivity contribution in [2.45, 2.75) is 19.4 Å². The van der Waals surface area contributed by atoms with Crippen LogP contribution in [0.25, 0.3) is 10.9 Å². The van der Waals surface area contributed by atoms with E-state index in [4.69, 9.17) is 4.74 Å². The normalized spacial score (nSPS) is 12.4. The van der Waals surface area contributed by atoms with Gasteiger partial charge in [0, 0.05) is 22.9 Å². The molecule has 4 heteroatoms. The standard InChI is InChI=1S/C18H20N2OS/c1-2-19-12-10-17(18-9-5-13-22-18)21-16-8-3-7-15-14(16)6-4-11-20-15/h3-9,11,13,17,19H,2,10,12H2,1H3. The van der Waals surface area contributed by atoms with Crippen LogP contribution in [0.1, 0.15) is 24.3 Å². The van der Waals surface area contributed by atoms with Crippen molar-refractivity contribution in [2.24, 2.45) is 0 Å². The molecule has 0 spiro atoms. The van der Waals surface area contributed by atoms with Gasteiger partial charge in [0.25, 0.3) is 0 Å². The van der Waals surface area contributed by atoms with Crippen LogP contribution in [0.3, 0.4) is 0 Å². The third kappa shape index (κ3) is 3.46. The SMILES string of the molecule is CCNCCC(Oc1cccc2ncccc12)c1cccs1. The average molecular weight is 312 g/mol. The molecule has 0 saturated heterocycles. The molecular weight excluding hydrogens is 292 g/mol. The fraction of sp³-hybridized carbons (Fsp3) is 0.278. The van der Waals surface area contributed by atoms with E-state index < -0.39 is 0 Å². The Kier molecular flexibility index (Phi) is 5.03. The van der Waals surface area contributed by atoms with E-state index in [9.17, 15) is 0 Å². The molecule has 0 aliphatic carbocycles.